The smallest absolute Gasteiger partial charge is 0.189 e. The van der Waals surface area contributed by atoms with Crippen LogP contribution in [0, 0.1) is 0 Å². The molecule has 0 radical (unpaired) electrons. The van der Waals surface area contributed by atoms with Crippen molar-refractivity contribution in [2.75, 3.05) is 44.7 Å². The number of pyridine rings is 1. The van der Waals surface area contributed by atoms with E-state index in [1.807, 2.05) is 12.3 Å². The molecule has 21 heavy (non-hydrogen) atoms. The molecule has 6 heteroatoms. The summed E-state index contributed by atoms with van der Waals surface area (Å²) in [7, 11) is 2.15. The van der Waals surface area contributed by atoms with Crippen LogP contribution >= 0.6 is 0 Å². The number of hydrogen-bond donors (Lipinski definition) is 2. The molecule has 1 aromatic heterocycles. The monoisotopic (exact) mass is 288 g/mol. The molecule has 0 unspecified atom stereocenters. The summed E-state index contributed by atoms with van der Waals surface area (Å²) >= 11 is 0. The molecule has 2 heterocycles. The van der Waals surface area contributed by atoms with Crippen LogP contribution in [0.25, 0.3) is 0 Å². The summed E-state index contributed by atoms with van der Waals surface area (Å²) in [5.41, 5.74) is 6.88. The van der Waals surface area contributed by atoms with Gasteiger partial charge in [0, 0.05) is 38.9 Å². The van der Waals surface area contributed by atoms with Crippen LogP contribution in [0.5, 0.6) is 0 Å². The zero-order valence-corrected chi connectivity index (χ0v) is 12.6. The number of nitrogens with one attached hydrogen (secondary N) is 1. The number of likely N-dealkylation sites (N-methyl/N-ethyl adjacent to an activating group) is 1. The van der Waals surface area contributed by atoms with E-state index in [9.17, 15) is 0 Å². The van der Waals surface area contributed by atoms with Gasteiger partial charge < -0.3 is 20.9 Å². The first-order valence-electron chi connectivity index (χ1n) is 7.22. The van der Waals surface area contributed by atoms with Gasteiger partial charge in [0.05, 0.1) is 6.54 Å². The lowest BCUT2D eigenvalue weighted by Gasteiger charge is -2.33. The number of aromatic nitrogens is 1. The van der Waals surface area contributed by atoms with Crippen molar-refractivity contribution in [2.45, 2.75) is 6.54 Å². The van der Waals surface area contributed by atoms with Crippen molar-refractivity contribution in [3.63, 3.8) is 0 Å². The van der Waals surface area contributed by atoms with Crippen molar-refractivity contribution in [1.29, 1.82) is 0 Å². The molecule has 0 aliphatic carbocycles. The minimum absolute atomic E-state index is 0.438. The topological polar surface area (TPSA) is 69.8 Å². The largest absolute Gasteiger partial charge is 0.370 e. The second-order valence-electron chi connectivity index (χ2n) is 5.18. The van der Waals surface area contributed by atoms with Crippen LogP contribution in [0.3, 0.4) is 0 Å². The third kappa shape index (κ3) is 4.75. The van der Waals surface area contributed by atoms with Crippen LogP contribution in [-0.2, 0) is 6.54 Å². The Morgan fingerprint density at radius 2 is 2.24 bits per heavy atom. The molecular weight excluding hydrogens is 264 g/mol. The number of guanidine groups is 1. The van der Waals surface area contributed by atoms with E-state index in [1.165, 1.54) is 0 Å². The van der Waals surface area contributed by atoms with Gasteiger partial charge in [-0.2, -0.15) is 0 Å². The Morgan fingerprint density at radius 1 is 1.48 bits per heavy atom. The van der Waals surface area contributed by atoms with Gasteiger partial charge in [-0.05, 0) is 24.7 Å². The van der Waals surface area contributed by atoms with Crippen LogP contribution in [0.15, 0.2) is 36.0 Å². The van der Waals surface area contributed by atoms with Gasteiger partial charge >= 0.3 is 0 Å². The SMILES string of the molecule is C=CCNC(N)=NCc1ccnc(N2CCN(C)CC2)c1. The average molecular weight is 288 g/mol. The molecule has 0 spiro atoms. The third-order valence-electron chi connectivity index (χ3n) is 3.50. The van der Waals surface area contributed by atoms with Gasteiger partial charge in [0.1, 0.15) is 5.82 Å². The summed E-state index contributed by atoms with van der Waals surface area (Å²) in [5.74, 6) is 1.46. The highest BCUT2D eigenvalue weighted by atomic mass is 15.3. The lowest BCUT2D eigenvalue weighted by atomic mass is 10.2. The van der Waals surface area contributed by atoms with E-state index in [1.54, 1.807) is 6.08 Å². The van der Waals surface area contributed by atoms with E-state index < -0.39 is 0 Å². The molecule has 6 nitrogen and oxygen atoms in total. The Labute approximate surface area is 126 Å². The standard InChI is InChI=1S/C15H24N6/c1-3-5-18-15(16)19-12-13-4-6-17-14(11-13)21-9-7-20(2)8-10-21/h3-4,6,11H,1,5,7-10,12H2,2H3,(H3,16,18,19). The second-order valence-corrected chi connectivity index (χ2v) is 5.18. The van der Waals surface area contributed by atoms with Gasteiger partial charge in [-0.15, -0.1) is 6.58 Å². The molecule has 1 aliphatic rings. The molecule has 114 valence electrons. The number of nitrogens with zero attached hydrogens (tertiary/aromatic N) is 4. The Morgan fingerprint density at radius 3 is 2.95 bits per heavy atom. The first-order valence-corrected chi connectivity index (χ1v) is 7.22. The van der Waals surface area contributed by atoms with Crippen LogP contribution in [0.2, 0.25) is 0 Å². The fraction of sp³-hybridized carbons (Fsp3) is 0.467. The van der Waals surface area contributed by atoms with Crippen molar-refractivity contribution in [1.82, 2.24) is 15.2 Å². The van der Waals surface area contributed by atoms with Crippen molar-refractivity contribution in [3.05, 3.63) is 36.5 Å². The van der Waals surface area contributed by atoms with Crippen molar-refractivity contribution < 1.29 is 0 Å². The molecule has 0 amide bonds. The first kappa shape index (κ1) is 15.3. The minimum Gasteiger partial charge on any atom is -0.370 e. The maximum absolute atomic E-state index is 5.76. The fourth-order valence-corrected chi connectivity index (χ4v) is 2.18. The predicted molar refractivity (Wildman–Crippen MR) is 87.5 cm³/mol. The summed E-state index contributed by atoms with van der Waals surface area (Å²) in [5, 5.41) is 2.96. The Balaban J connectivity index is 1.96. The van der Waals surface area contributed by atoms with E-state index >= 15 is 0 Å². The number of anilines is 1. The molecule has 1 fully saturated rings. The Hall–Kier alpha value is -2.08. The molecular formula is C15H24N6. The van der Waals surface area contributed by atoms with Crippen molar-refractivity contribution >= 4 is 11.8 Å². The highest BCUT2D eigenvalue weighted by Crippen LogP contribution is 2.15. The number of piperazine rings is 1. The van der Waals surface area contributed by atoms with Crippen molar-refractivity contribution in [2.24, 2.45) is 10.7 Å². The van der Waals surface area contributed by atoms with E-state index in [-0.39, 0.29) is 0 Å². The van der Waals surface area contributed by atoms with Gasteiger partial charge in [-0.1, -0.05) is 6.08 Å². The molecule has 1 aromatic rings. The highest BCUT2D eigenvalue weighted by Gasteiger charge is 2.15. The summed E-state index contributed by atoms with van der Waals surface area (Å²) in [6.07, 6.45) is 3.59. The quantitative estimate of drug-likeness (QED) is 0.467. The van der Waals surface area contributed by atoms with E-state index in [2.05, 4.69) is 44.8 Å². The molecule has 2 rings (SSSR count). The molecule has 0 atom stereocenters. The molecule has 1 aliphatic heterocycles. The highest BCUT2D eigenvalue weighted by molar-refractivity contribution is 5.77. The fourth-order valence-electron chi connectivity index (χ4n) is 2.18. The van der Waals surface area contributed by atoms with Crippen LogP contribution in [-0.4, -0.2) is 55.6 Å². The minimum atomic E-state index is 0.438. The number of hydrogen-bond acceptors (Lipinski definition) is 4. The Bertz CT molecular complexity index is 491. The number of aliphatic imine (C=N–C) groups is 1. The molecule has 0 saturated carbocycles. The molecule has 0 aromatic carbocycles. The van der Waals surface area contributed by atoms with Crippen LogP contribution in [0.4, 0.5) is 5.82 Å². The third-order valence-corrected chi connectivity index (χ3v) is 3.50. The Kier molecular flexibility index (Phi) is 5.57. The van der Waals surface area contributed by atoms with E-state index in [0.717, 1.165) is 37.6 Å². The normalized spacial score (nSPS) is 16.8. The second kappa shape index (κ2) is 7.64. The zero-order chi connectivity index (χ0) is 15.1. The predicted octanol–water partition coefficient (Wildman–Crippen LogP) is 0.424. The van der Waals surface area contributed by atoms with Gasteiger partial charge in [0.15, 0.2) is 5.96 Å². The number of rotatable bonds is 5. The zero-order valence-electron chi connectivity index (χ0n) is 12.6. The molecule has 0 bridgehead atoms. The van der Waals surface area contributed by atoms with Crippen LogP contribution < -0.4 is 16.0 Å². The molecule has 3 N–H and O–H groups in total. The lowest BCUT2D eigenvalue weighted by Crippen LogP contribution is -2.44. The molecule has 1 saturated heterocycles. The van der Waals surface area contributed by atoms with Gasteiger partial charge in [-0.3, -0.25) is 0 Å². The van der Waals surface area contributed by atoms with Gasteiger partial charge in [0.2, 0.25) is 0 Å². The average Bonchev–Trinajstić information content (AvgIpc) is 2.52. The number of nitrogens with two attached hydrogens (primary N) is 1. The van der Waals surface area contributed by atoms with Crippen LogP contribution in [0.1, 0.15) is 5.56 Å². The lowest BCUT2D eigenvalue weighted by molar-refractivity contribution is 0.312. The van der Waals surface area contributed by atoms with E-state index in [0.29, 0.717) is 19.0 Å². The van der Waals surface area contributed by atoms with Gasteiger partial charge in [-0.25, -0.2) is 9.98 Å². The van der Waals surface area contributed by atoms with Crippen molar-refractivity contribution in [3.8, 4) is 0 Å². The first-order chi connectivity index (χ1) is 10.2. The van der Waals surface area contributed by atoms with Gasteiger partial charge in [0.25, 0.3) is 0 Å². The summed E-state index contributed by atoms with van der Waals surface area (Å²) in [4.78, 5) is 13.4. The maximum Gasteiger partial charge on any atom is 0.189 e. The summed E-state index contributed by atoms with van der Waals surface area (Å²) in [6.45, 7) is 8.98. The van der Waals surface area contributed by atoms with E-state index in [4.69, 9.17) is 5.73 Å². The summed E-state index contributed by atoms with van der Waals surface area (Å²) in [6, 6.07) is 4.07. The summed E-state index contributed by atoms with van der Waals surface area (Å²) < 4.78 is 0. The maximum atomic E-state index is 5.76.